The molecule has 6 heteroatoms. The van der Waals surface area contributed by atoms with Gasteiger partial charge in [0.05, 0.1) is 11.3 Å². The van der Waals surface area contributed by atoms with Crippen LogP contribution in [0.5, 0.6) is 0 Å². The topological polar surface area (TPSA) is 81.1 Å². The van der Waals surface area contributed by atoms with E-state index in [2.05, 4.69) is 50.9 Å². The number of aromatic nitrogens is 1. The lowest BCUT2D eigenvalue weighted by atomic mass is 9.97. The molecule has 2 heterocycles. The third-order valence-corrected chi connectivity index (χ3v) is 5.68. The first-order valence-electron chi connectivity index (χ1n) is 11.0. The van der Waals surface area contributed by atoms with E-state index in [-0.39, 0.29) is 12.1 Å². The van der Waals surface area contributed by atoms with Gasteiger partial charge >= 0.3 is 6.03 Å². The predicted octanol–water partition coefficient (Wildman–Crippen LogP) is 4.18. The number of amides is 2. The van der Waals surface area contributed by atoms with Crippen LogP contribution in [-0.4, -0.2) is 41.6 Å². The lowest BCUT2D eigenvalue weighted by molar-refractivity contribution is 0.236. The normalized spacial score (nSPS) is 15.8. The van der Waals surface area contributed by atoms with Gasteiger partial charge in [-0.3, -0.25) is 9.88 Å². The van der Waals surface area contributed by atoms with Gasteiger partial charge in [-0.15, -0.1) is 0 Å². The van der Waals surface area contributed by atoms with Crippen molar-refractivity contribution in [2.24, 2.45) is 0 Å². The third-order valence-electron chi connectivity index (χ3n) is 5.68. The Morgan fingerprint density at radius 3 is 2.66 bits per heavy atom. The zero-order chi connectivity index (χ0) is 22.3. The van der Waals surface area contributed by atoms with E-state index in [0.717, 1.165) is 48.4 Å². The van der Waals surface area contributed by atoms with Crippen molar-refractivity contribution in [1.82, 2.24) is 20.5 Å². The van der Waals surface area contributed by atoms with Gasteiger partial charge in [0, 0.05) is 49.5 Å². The molecule has 1 aromatic heterocycles. The molecule has 1 fully saturated rings. The second-order valence-corrected chi connectivity index (χ2v) is 8.02. The lowest BCUT2D eigenvalue weighted by Crippen LogP contribution is -2.43. The number of urea groups is 1. The standard InChI is InChI=1S/C26H27N5O/c1-2-28-26(32)30-23-12-13-31(18-23)17-19-8-10-22(11-9-19)25-24(14-20(15-27)16-29-25)21-6-4-3-5-7-21/h3-11,14,16,23H,2,12-13,17-18H2,1H3,(H2,28,30,32)/t23-/m1/s1. The van der Waals surface area contributed by atoms with E-state index in [4.69, 9.17) is 0 Å². The summed E-state index contributed by atoms with van der Waals surface area (Å²) in [6, 6.07) is 22.7. The number of carbonyl (C=O) groups excluding carboxylic acids is 1. The van der Waals surface area contributed by atoms with Crippen LogP contribution in [0.3, 0.4) is 0 Å². The fourth-order valence-electron chi connectivity index (χ4n) is 4.11. The largest absolute Gasteiger partial charge is 0.338 e. The molecule has 1 aliphatic rings. The summed E-state index contributed by atoms with van der Waals surface area (Å²) in [5, 5.41) is 15.1. The van der Waals surface area contributed by atoms with Crippen molar-refractivity contribution < 1.29 is 4.79 Å². The summed E-state index contributed by atoms with van der Waals surface area (Å²) in [6.45, 7) is 5.22. The average molecular weight is 426 g/mol. The average Bonchev–Trinajstić information content (AvgIpc) is 3.26. The Labute approximate surface area is 188 Å². The molecule has 1 atom stereocenters. The molecule has 1 aliphatic heterocycles. The summed E-state index contributed by atoms with van der Waals surface area (Å²) in [4.78, 5) is 18.7. The van der Waals surface area contributed by atoms with Gasteiger partial charge in [0.15, 0.2) is 0 Å². The highest BCUT2D eigenvalue weighted by Gasteiger charge is 2.23. The van der Waals surface area contributed by atoms with Gasteiger partial charge in [-0.25, -0.2) is 4.79 Å². The number of benzene rings is 2. The zero-order valence-corrected chi connectivity index (χ0v) is 18.2. The van der Waals surface area contributed by atoms with Crippen LogP contribution in [0.1, 0.15) is 24.5 Å². The number of nitriles is 1. The van der Waals surface area contributed by atoms with E-state index in [0.29, 0.717) is 12.1 Å². The van der Waals surface area contributed by atoms with Crippen LogP contribution in [0.25, 0.3) is 22.4 Å². The van der Waals surface area contributed by atoms with Crippen LogP contribution in [0, 0.1) is 11.3 Å². The Bertz CT molecular complexity index is 1110. The summed E-state index contributed by atoms with van der Waals surface area (Å²) in [5.41, 5.74) is 5.66. The molecule has 2 amide bonds. The van der Waals surface area contributed by atoms with E-state index in [1.54, 1.807) is 6.20 Å². The van der Waals surface area contributed by atoms with Gasteiger partial charge in [-0.05, 0) is 30.5 Å². The Morgan fingerprint density at radius 2 is 1.94 bits per heavy atom. The summed E-state index contributed by atoms with van der Waals surface area (Å²) in [5.74, 6) is 0. The monoisotopic (exact) mass is 425 g/mol. The van der Waals surface area contributed by atoms with Gasteiger partial charge in [-0.2, -0.15) is 5.26 Å². The van der Waals surface area contributed by atoms with Crippen LogP contribution in [0.2, 0.25) is 0 Å². The summed E-state index contributed by atoms with van der Waals surface area (Å²) < 4.78 is 0. The molecule has 0 radical (unpaired) electrons. The van der Waals surface area contributed by atoms with Crippen LogP contribution >= 0.6 is 0 Å². The van der Waals surface area contributed by atoms with Crippen molar-refractivity contribution in [3.63, 3.8) is 0 Å². The summed E-state index contributed by atoms with van der Waals surface area (Å²) >= 11 is 0. The highest BCUT2D eigenvalue weighted by molar-refractivity contribution is 5.81. The number of nitrogens with zero attached hydrogens (tertiary/aromatic N) is 3. The fourth-order valence-corrected chi connectivity index (χ4v) is 4.11. The van der Waals surface area contributed by atoms with Crippen LogP contribution in [0.4, 0.5) is 4.79 Å². The number of hydrogen-bond donors (Lipinski definition) is 2. The SMILES string of the molecule is CCNC(=O)N[C@@H]1CCN(Cc2ccc(-c3ncc(C#N)cc3-c3ccccc3)cc2)C1. The molecule has 2 N–H and O–H groups in total. The van der Waals surface area contributed by atoms with E-state index < -0.39 is 0 Å². The maximum Gasteiger partial charge on any atom is 0.315 e. The van der Waals surface area contributed by atoms with Gasteiger partial charge in [0.25, 0.3) is 0 Å². The molecule has 2 aromatic carbocycles. The van der Waals surface area contributed by atoms with Crippen LogP contribution in [-0.2, 0) is 6.54 Å². The highest BCUT2D eigenvalue weighted by Crippen LogP contribution is 2.31. The zero-order valence-electron chi connectivity index (χ0n) is 18.2. The number of likely N-dealkylation sites (tertiary alicyclic amines) is 1. The van der Waals surface area contributed by atoms with Gasteiger partial charge in [0.2, 0.25) is 0 Å². The predicted molar refractivity (Wildman–Crippen MR) is 126 cm³/mol. The number of carbonyl (C=O) groups is 1. The molecule has 0 saturated carbocycles. The Balaban J connectivity index is 1.47. The van der Waals surface area contributed by atoms with Crippen LogP contribution < -0.4 is 10.6 Å². The van der Waals surface area contributed by atoms with Crippen molar-refractivity contribution in [2.75, 3.05) is 19.6 Å². The van der Waals surface area contributed by atoms with Gasteiger partial charge in [-0.1, -0.05) is 54.6 Å². The second-order valence-electron chi connectivity index (χ2n) is 8.02. The molecule has 32 heavy (non-hydrogen) atoms. The highest BCUT2D eigenvalue weighted by atomic mass is 16.2. The molecule has 3 aromatic rings. The van der Waals surface area contributed by atoms with Gasteiger partial charge < -0.3 is 10.6 Å². The second kappa shape index (κ2) is 10.1. The fraction of sp³-hybridized carbons (Fsp3) is 0.269. The first-order chi connectivity index (χ1) is 15.7. The maximum absolute atomic E-state index is 11.7. The minimum Gasteiger partial charge on any atom is -0.338 e. The Morgan fingerprint density at radius 1 is 1.16 bits per heavy atom. The molecular weight excluding hydrogens is 398 g/mol. The van der Waals surface area contributed by atoms with E-state index in [1.165, 1.54) is 5.56 Å². The van der Waals surface area contributed by atoms with Crippen molar-refractivity contribution >= 4 is 6.03 Å². The molecule has 0 bridgehead atoms. The minimum absolute atomic E-state index is 0.0900. The molecule has 0 aliphatic carbocycles. The lowest BCUT2D eigenvalue weighted by Gasteiger charge is -2.17. The number of hydrogen-bond acceptors (Lipinski definition) is 4. The van der Waals surface area contributed by atoms with E-state index in [9.17, 15) is 10.1 Å². The smallest absolute Gasteiger partial charge is 0.315 e. The van der Waals surface area contributed by atoms with Crippen molar-refractivity contribution in [1.29, 1.82) is 5.26 Å². The quantitative estimate of drug-likeness (QED) is 0.621. The molecule has 6 nitrogen and oxygen atoms in total. The summed E-state index contributed by atoms with van der Waals surface area (Å²) in [7, 11) is 0. The molecule has 0 unspecified atom stereocenters. The molecule has 162 valence electrons. The minimum atomic E-state index is -0.0900. The van der Waals surface area contributed by atoms with E-state index in [1.807, 2.05) is 43.3 Å². The molecule has 0 spiro atoms. The summed E-state index contributed by atoms with van der Waals surface area (Å²) in [6.07, 6.45) is 2.59. The number of pyridine rings is 1. The number of nitrogens with one attached hydrogen (secondary N) is 2. The first-order valence-corrected chi connectivity index (χ1v) is 11.0. The number of rotatable bonds is 6. The molecule has 4 rings (SSSR count). The van der Waals surface area contributed by atoms with E-state index >= 15 is 0 Å². The van der Waals surface area contributed by atoms with Crippen molar-refractivity contribution in [3.05, 3.63) is 78.0 Å². The first kappa shape index (κ1) is 21.5. The molecule has 1 saturated heterocycles. The molecular formula is C26H27N5O. The van der Waals surface area contributed by atoms with Gasteiger partial charge in [0.1, 0.15) is 6.07 Å². The maximum atomic E-state index is 11.7. The Kier molecular flexibility index (Phi) is 6.78. The Hall–Kier alpha value is -3.69. The van der Waals surface area contributed by atoms with Crippen LogP contribution in [0.15, 0.2) is 66.9 Å². The van der Waals surface area contributed by atoms with Crippen molar-refractivity contribution in [2.45, 2.75) is 25.9 Å². The van der Waals surface area contributed by atoms with Crippen molar-refractivity contribution in [3.8, 4) is 28.5 Å². The third kappa shape index (κ3) is 5.13.